The Hall–Kier alpha value is -1.63. The normalized spacial score (nSPS) is 18.7. The molecule has 1 aliphatic rings. The molecule has 1 aromatic carbocycles. The molecule has 1 saturated heterocycles. The Labute approximate surface area is 117 Å². The van der Waals surface area contributed by atoms with Crippen molar-refractivity contribution in [3.8, 4) is 5.75 Å². The van der Waals surface area contributed by atoms with Gasteiger partial charge in [-0.15, -0.1) is 0 Å². The summed E-state index contributed by atoms with van der Waals surface area (Å²) in [5, 5.41) is 12.1. The number of benzene rings is 1. The first-order valence-corrected chi connectivity index (χ1v) is 6.62. The zero-order valence-corrected chi connectivity index (χ0v) is 11.2. The van der Waals surface area contributed by atoms with Gasteiger partial charge in [0, 0.05) is 13.1 Å². The van der Waals surface area contributed by atoms with Gasteiger partial charge in [-0.2, -0.15) is 0 Å². The summed E-state index contributed by atoms with van der Waals surface area (Å²) in [6.45, 7) is 3.78. The second kappa shape index (κ2) is 7.84. The highest BCUT2D eigenvalue weighted by Gasteiger charge is 2.13. The molecule has 1 heterocycles. The zero-order valence-electron chi connectivity index (χ0n) is 11.2. The minimum Gasteiger partial charge on any atom is -0.492 e. The van der Waals surface area contributed by atoms with E-state index in [1.165, 1.54) is 12.1 Å². The largest absolute Gasteiger partial charge is 0.492 e. The molecule has 0 spiro atoms. The van der Waals surface area contributed by atoms with Crippen molar-refractivity contribution in [2.24, 2.45) is 0 Å². The summed E-state index contributed by atoms with van der Waals surface area (Å²) in [5.41, 5.74) is 0.225. The third-order valence-corrected chi connectivity index (χ3v) is 2.89. The topological polar surface area (TPSA) is 77.0 Å². The zero-order chi connectivity index (χ0) is 14.2. The van der Waals surface area contributed by atoms with Gasteiger partial charge < -0.3 is 24.6 Å². The first-order chi connectivity index (χ1) is 9.75. The monoisotopic (exact) mass is 281 g/mol. The number of carboxylic acids is 1. The van der Waals surface area contributed by atoms with Crippen LogP contribution in [0.2, 0.25) is 0 Å². The van der Waals surface area contributed by atoms with Gasteiger partial charge in [0.2, 0.25) is 0 Å². The van der Waals surface area contributed by atoms with E-state index in [1.807, 2.05) is 0 Å². The minimum atomic E-state index is -0.956. The van der Waals surface area contributed by atoms with Crippen LogP contribution in [0.15, 0.2) is 24.3 Å². The maximum Gasteiger partial charge on any atom is 0.335 e. The summed E-state index contributed by atoms with van der Waals surface area (Å²) in [7, 11) is 0. The van der Waals surface area contributed by atoms with E-state index in [1.54, 1.807) is 12.1 Å². The number of hydrogen-bond acceptors (Lipinski definition) is 5. The summed E-state index contributed by atoms with van der Waals surface area (Å²) in [4.78, 5) is 10.8. The second-order valence-corrected chi connectivity index (χ2v) is 4.45. The predicted octanol–water partition coefficient (Wildman–Crippen LogP) is 0.769. The molecule has 0 aromatic heterocycles. The van der Waals surface area contributed by atoms with Crippen LogP contribution in [0.25, 0.3) is 0 Å². The first kappa shape index (κ1) is 14.8. The van der Waals surface area contributed by atoms with Crippen molar-refractivity contribution in [1.82, 2.24) is 5.32 Å². The van der Waals surface area contributed by atoms with E-state index in [0.717, 1.165) is 6.54 Å². The van der Waals surface area contributed by atoms with E-state index in [4.69, 9.17) is 19.3 Å². The van der Waals surface area contributed by atoms with Crippen LogP contribution >= 0.6 is 0 Å². The maximum atomic E-state index is 10.8. The third-order valence-electron chi connectivity index (χ3n) is 2.89. The number of aromatic carboxylic acids is 1. The van der Waals surface area contributed by atoms with Gasteiger partial charge in [-0.05, 0) is 18.2 Å². The molecule has 1 fully saturated rings. The first-order valence-electron chi connectivity index (χ1n) is 6.62. The molecule has 2 N–H and O–H groups in total. The number of hydrogen-bond donors (Lipinski definition) is 2. The van der Waals surface area contributed by atoms with Crippen LogP contribution in [0.3, 0.4) is 0 Å². The van der Waals surface area contributed by atoms with E-state index in [2.05, 4.69) is 5.32 Å². The molecule has 0 bridgehead atoms. The lowest BCUT2D eigenvalue weighted by Crippen LogP contribution is -2.38. The number of carboxylic acid groups (broad SMARTS) is 1. The second-order valence-electron chi connectivity index (χ2n) is 4.45. The summed E-state index contributed by atoms with van der Waals surface area (Å²) in [5.74, 6) is -0.396. The number of carbonyl (C=O) groups is 1. The van der Waals surface area contributed by atoms with E-state index < -0.39 is 5.97 Å². The van der Waals surface area contributed by atoms with Crippen molar-refractivity contribution in [3.63, 3.8) is 0 Å². The molecule has 2 rings (SSSR count). The fraction of sp³-hybridized carbons (Fsp3) is 0.500. The van der Waals surface area contributed by atoms with Crippen molar-refractivity contribution in [1.29, 1.82) is 0 Å². The lowest BCUT2D eigenvalue weighted by atomic mass is 10.2. The Morgan fingerprint density at radius 1 is 1.45 bits per heavy atom. The summed E-state index contributed by atoms with van der Waals surface area (Å²) in [6, 6.07) is 6.46. The SMILES string of the molecule is O=C(O)c1cccc(OCCNCC2COCCO2)c1. The summed E-state index contributed by atoms with van der Waals surface area (Å²) >= 11 is 0. The Bertz CT molecular complexity index is 431. The van der Waals surface area contributed by atoms with Crippen LogP contribution in [0.1, 0.15) is 10.4 Å². The molecule has 20 heavy (non-hydrogen) atoms. The molecule has 1 aliphatic heterocycles. The Morgan fingerprint density at radius 2 is 2.35 bits per heavy atom. The van der Waals surface area contributed by atoms with Crippen LogP contribution in [-0.2, 0) is 9.47 Å². The molecular formula is C14H19NO5. The molecular weight excluding hydrogens is 262 g/mol. The highest BCUT2D eigenvalue weighted by atomic mass is 16.6. The van der Waals surface area contributed by atoms with Gasteiger partial charge in [0.15, 0.2) is 0 Å². The van der Waals surface area contributed by atoms with Crippen molar-refractivity contribution >= 4 is 5.97 Å². The van der Waals surface area contributed by atoms with Crippen molar-refractivity contribution < 1.29 is 24.1 Å². The van der Waals surface area contributed by atoms with E-state index in [0.29, 0.717) is 38.7 Å². The lowest BCUT2D eigenvalue weighted by molar-refractivity contribution is -0.0864. The van der Waals surface area contributed by atoms with E-state index in [-0.39, 0.29) is 11.7 Å². The molecule has 0 radical (unpaired) electrons. The Morgan fingerprint density at radius 3 is 3.10 bits per heavy atom. The van der Waals surface area contributed by atoms with E-state index in [9.17, 15) is 4.79 Å². The summed E-state index contributed by atoms with van der Waals surface area (Å²) in [6.07, 6.45) is 0.0964. The lowest BCUT2D eigenvalue weighted by Gasteiger charge is -2.23. The van der Waals surface area contributed by atoms with Gasteiger partial charge in [-0.3, -0.25) is 0 Å². The van der Waals surface area contributed by atoms with Crippen LogP contribution in [-0.4, -0.2) is 56.7 Å². The molecule has 1 aromatic rings. The predicted molar refractivity (Wildman–Crippen MR) is 72.3 cm³/mol. The molecule has 6 nitrogen and oxygen atoms in total. The number of rotatable bonds is 7. The molecule has 110 valence electrons. The van der Waals surface area contributed by atoms with Gasteiger partial charge in [0.05, 0.1) is 31.5 Å². The average molecular weight is 281 g/mol. The van der Waals surface area contributed by atoms with Crippen LogP contribution < -0.4 is 10.1 Å². The van der Waals surface area contributed by atoms with Gasteiger partial charge in [-0.25, -0.2) is 4.79 Å². The molecule has 0 saturated carbocycles. The van der Waals surface area contributed by atoms with Crippen LogP contribution in [0.4, 0.5) is 0 Å². The van der Waals surface area contributed by atoms with Gasteiger partial charge in [0.25, 0.3) is 0 Å². The molecule has 6 heteroatoms. The summed E-state index contributed by atoms with van der Waals surface area (Å²) < 4.78 is 16.3. The molecule has 1 unspecified atom stereocenters. The van der Waals surface area contributed by atoms with Gasteiger partial charge >= 0.3 is 5.97 Å². The molecule has 0 amide bonds. The van der Waals surface area contributed by atoms with Crippen LogP contribution in [0, 0.1) is 0 Å². The highest BCUT2D eigenvalue weighted by molar-refractivity contribution is 5.87. The van der Waals surface area contributed by atoms with Gasteiger partial charge in [0.1, 0.15) is 12.4 Å². The standard InChI is InChI=1S/C14H19NO5/c16-14(17)11-2-1-3-12(8-11)19-5-4-15-9-13-10-18-6-7-20-13/h1-3,8,13,15H,4-7,9-10H2,(H,16,17). The fourth-order valence-electron chi connectivity index (χ4n) is 1.88. The average Bonchev–Trinajstić information content (AvgIpc) is 2.48. The smallest absolute Gasteiger partial charge is 0.335 e. The maximum absolute atomic E-state index is 10.8. The van der Waals surface area contributed by atoms with Crippen molar-refractivity contribution in [2.75, 3.05) is 39.5 Å². The quantitative estimate of drug-likeness (QED) is 0.719. The number of ether oxygens (including phenoxy) is 3. The van der Waals surface area contributed by atoms with Crippen LogP contribution in [0.5, 0.6) is 5.75 Å². The fourth-order valence-corrected chi connectivity index (χ4v) is 1.88. The number of nitrogens with one attached hydrogen (secondary N) is 1. The Balaban J connectivity index is 1.63. The van der Waals surface area contributed by atoms with Crippen molar-refractivity contribution in [3.05, 3.63) is 29.8 Å². The highest BCUT2D eigenvalue weighted by Crippen LogP contribution is 2.12. The van der Waals surface area contributed by atoms with Gasteiger partial charge in [-0.1, -0.05) is 6.07 Å². The Kier molecular flexibility index (Phi) is 5.79. The molecule has 1 atom stereocenters. The minimum absolute atomic E-state index is 0.0964. The van der Waals surface area contributed by atoms with Crippen molar-refractivity contribution in [2.45, 2.75) is 6.10 Å². The van der Waals surface area contributed by atoms with E-state index >= 15 is 0 Å². The molecule has 0 aliphatic carbocycles. The third kappa shape index (κ3) is 4.80.